The molecule has 0 fully saturated rings. The molecule has 5 heteroatoms. The highest BCUT2D eigenvalue weighted by Gasteiger charge is 2.06. The van der Waals surface area contributed by atoms with Crippen LogP contribution in [0.25, 0.3) is 0 Å². The molecular weight excluding hydrogens is 228 g/mol. The smallest absolute Gasteiger partial charge is 0.212 e. The highest BCUT2D eigenvalue weighted by molar-refractivity contribution is 5.20. The maximum absolute atomic E-state index is 5.74. The first-order valence-corrected chi connectivity index (χ1v) is 5.91. The topological polar surface area (TPSA) is 52.0 Å². The van der Waals surface area contributed by atoms with E-state index in [1.54, 1.807) is 10.9 Å². The van der Waals surface area contributed by atoms with Crippen molar-refractivity contribution in [3.8, 4) is 5.88 Å². The van der Waals surface area contributed by atoms with Gasteiger partial charge in [-0.1, -0.05) is 6.07 Å². The van der Waals surface area contributed by atoms with E-state index in [0.717, 1.165) is 29.4 Å². The van der Waals surface area contributed by atoms with Crippen molar-refractivity contribution in [3.05, 3.63) is 41.3 Å². The lowest BCUT2D eigenvalue weighted by atomic mass is 10.2. The third-order valence-corrected chi connectivity index (χ3v) is 2.67. The van der Waals surface area contributed by atoms with Crippen LogP contribution in [0.5, 0.6) is 5.88 Å². The molecule has 0 aliphatic heterocycles. The summed E-state index contributed by atoms with van der Waals surface area (Å²) in [7, 11) is 3.79. The molecule has 0 spiro atoms. The minimum Gasteiger partial charge on any atom is -0.471 e. The van der Waals surface area contributed by atoms with E-state index >= 15 is 0 Å². The largest absolute Gasteiger partial charge is 0.471 e. The molecule has 0 aromatic carbocycles. The van der Waals surface area contributed by atoms with Gasteiger partial charge in [-0.3, -0.25) is 4.98 Å². The second-order valence-corrected chi connectivity index (χ2v) is 4.18. The third kappa shape index (κ3) is 2.87. The lowest BCUT2D eigenvalue weighted by molar-refractivity contribution is 0.273. The number of aryl methyl sites for hydroxylation is 2. The van der Waals surface area contributed by atoms with Gasteiger partial charge in [0.05, 0.1) is 11.4 Å². The van der Waals surface area contributed by atoms with Gasteiger partial charge in [0.1, 0.15) is 6.61 Å². The summed E-state index contributed by atoms with van der Waals surface area (Å²) in [6.45, 7) is 3.19. The first-order valence-electron chi connectivity index (χ1n) is 5.91. The summed E-state index contributed by atoms with van der Waals surface area (Å²) in [4.78, 5) is 4.35. The number of hydrogen-bond acceptors (Lipinski definition) is 4. The maximum atomic E-state index is 5.74. The average Bonchev–Trinajstić information content (AvgIpc) is 2.67. The Balaban J connectivity index is 2.08. The van der Waals surface area contributed by atoms with E-state index in [1.807, 2.05) is 33.2 Å². The molecule has 2 aromatic rings. The number of nitrogens with zero attached hydrogens (tertiary/aromatic N) is 3. The fourth-order valence-corrected chi connectivity index (χ4v) is 1.82. The molecule has 0 aliphatic carbocycles. The number of hydrogen-bond donors (Lipinski definition) is 1. The number of rotatable bonds is 5. The molecule has 2 aromatic heterocycles. The fraction of sp³-hybridized carbons (Fsp3) is 0.385. The van der Waals surface area contributed by atoms with Crippen molar-refractivity contribution in [2.24, 2.45) is 7.05 Å². The lowest BCUT2D eigenvalue weighted by Gasteiger charge is -2.09. The molecule has 0 atom stereocenters. The molecule has 0 unspecified atom stereocenters. The molecule has 18 heavy (non-hydrogen) atoms. The zero-order valence-electron chi connectivity index (χ0n) is 11.0. The van der Waals surface area contributed by atoms with E-state index < -0.39 is 0 Å². The van der Waals surface area contributed by atoms with Crippen LogP contribution in [0.3, 0.4) is 0 Å². The molecular formula is C13H18N4O. The van der Waals surface area contributed by atoms with Gasteiger partial charge in [-0.05, 0) is 25.6 Å². The zero-order chi connectivity index (χ0) is 13.0. The van der Waals surface area contributed by atoms with Crippen LogP contribution in [-0.4, -0.2) is 21.8 Å². The molecule has 2 heterocycles. The Hall–Kier alpha value is -1.88. The number of pyridine rings is 1. The minimum atomic E-state index is 0.455. The van der Waals surface area contributed by atoms with Crippen molar-refractivity contribution in [1.29, 1.82) is 0 Å². The Morgan fingerprint density at radius 2 is 2.28 bits per heavy atom. The van der Waals surface area contributed by atoms with E-state index in [4.69, 9.17) is 4.74 Å². The van der Waals surface area contributed by atoms with Gasteiger partial charge in [0.25, 0.3) is 0 Å². The predicted octanol–water partition coefficient (Wildman–Crippen LogP) is 1.42. The van der Waals surface area contributed by atoms with E-state index in [2.05, 4.69) is 21.5 Å². The summed E-state index contributed by atoms with van der Waals surface area (Å²) in [6, 6.07) is 5.90. The summed E-state index contributed by atoms with van der Waals surface area (Å²) < 4.78 is 7.47. The van der Waals surface area contributed by atoms with Crippen molar-refractivity contribution in [2.75, 3.05) is 7.05 Å². The van der Waals surface area contributed by atoms with Crippen molar-refractivity contribution >= 4 is 0 Å². The van der Waals surface area contributed by atoms with E-state index in [1.165, 1.54) is 0 Å². The monoisotopic (exact) mass is 246 g/mol. The number of nitrogens with one attached hydrogen (secondary N) is 1. The summed E-state index contributed by atoms with van der Waals surface area (Å²) in [5.74, 6) is 0.758. The SMILES string of the molecule is CNCc1cccnc1COc1cc(C)nn1C. The number of aromatic nitrogens is 3. The molecule has 0 saturated heterocycles. The van der Waals surface area contributed by atoms with Gasteiger partial charge >= 0.3 is 0 Å². The van der Waals surface area contributed by atoms with Gasteiger partial charge < -0.3 is 10.1 Å². The Morgan fingerprint density at radius 3 is 2.94 bits per heavy atom. The molecule has 96 valence electrons. The quantitative estimate of drug-likeness (QED) is 0.867. The predicted molar refractivity (Wildman–Crippen MR) is 69.3 cm³/mol. The Kier molecular flexibility index (Phi) is 3.94. The van der Waals surface area contributed by atoms with Gasteiger partial charge in [-0.25, -0.2) is 4.68 Å². The molecule has 0 amide bonds. The maximum Gasteiger partial charge on any atom is 0.212 e. The molecule has 0 saturated carbocycles. The summed E-state index contributed by atoms with van der Waals surface area (Å²) in [6.07, 6.45) is 1.78. The van der Waals surface area contributed by atoms with Crippen molar-refractivity contribution in [1.82, 2.24) is 20.1 Å². The first kappa shape index (κ1) is 12.6. The van der Waals surface area contributed by atoms with Crippen LogP contribution in [0.15, 0.2) is 24.4 Å². The fourth-order valence-electron chi connectivity index (χ4n) is 1.82. The van der Waals surface area contributed by atoms with Crippen LogP contribution in [0.2, 0.25) is 0 Å². The highest BCUT2D eigenvalue weighted by Crippen LogP contribution is 2.14. The second-order valence-electron chi connectivity index (χ2n) is 4.18. The number of ether oxygens (including phenoxy) is 1. The van der Waals surface area contributed by atoms with Crippen molar-refractivity contribution < 1.29 is 4.74 Å². The van der Waals surface area contributed by atoms with Crippen LogP contribution in [0.4, 0.5) is 0 Å². The van der Waals surface area contributed by atoms with Gasteiger partial charge in [-0.2, -0.15) is 5.10 Å². The standard InChI is InChI=1S/C13H18N4O/c1-10-7-13(17(3)16-10)18-9-12-11(8-14-2)5-4-6-15-12/h4-7,14H,8-9H2,1-3H3. The van der Waals surface area contributed by atoms with E-state index in [0.29, 0.717) is 6.61 Å². The van der Waals surface area contributed by atoms with Crippen LogP contribution >= 0.6 is 0 Å². The van der Waals surface area contributed by atoms with Gasteiger partial charge in [0.15, 0.2) is 0 Å². The van der Waals surface area contributed by atoms with E-state index in [-0.39, 0.29) is 0 Å². The van der Waals surface area contributed by atoms with Crippen LogP contribution in [0.1, 0.15) is 17.0 Å². The van der Waals surface area contributed by atoms with Crippen molar-refractivity contribution in [2.45, 2.75) is 20.1 Å². The minimum absolute atomic E-state index is 0.455. The molecule has 0 aliphatic rings. The molecule has 1 N–H and O–H groups in total. The normalized spacial score (nSPS) is 10.6. The molecule has 5 nitrogen and oxygen atoms in total. The van der Waals surface area contributed by atoms with Gasteiger partial charge in [-0.15, -0.1) is 0 Å². The van der Waals surface area contributed by atoms with E-state index in [9.17, 15) is 0 Å². The molecule has 0 bridgehead atoms. The van der Waals surface area contributed by atoms with Crippen molar-refractivity contribution in [3.63, 3.8) is 0 Å². The van der Waals surface area contributed by atoms with Gasteiger partial charge in [0.2, 0.25) is 5.88 Å². The first-order chi connectivity index (χ1) is 8.70. The second kappa shape index (κ2) is 5.64. The summed E-state index contributed by atoms with van der Waals surface area (Å²) in [5, 5.41) is 7.37. The summed E-state index contributed by atoms with van der Waals surface area (Å²) >= 11 is 0. The van der Waals surface area contributed by atoms with Gasteiger partial charge in [0, 0.05) is 25.9 Å². The molecule has 0 radical (unpaired) electrons. The lowest BCUT2D eigenvalue weighted by Crippen LogP contribution is -2.11. The Labute approximate surface area is 107 Å². The van der Waals surface area contributed by atoms with Crippen LogP contribution in [-0.2, 0) is 20.2 Å². The van der Waals surface area contributed by atoms with Crippen LogP contribution in [0, 0.1) is 6.92 Å². The Bertz CT molecular complexity index is 521. The Morgan fingerprint density at radius 1 is 1.44 bits per heavy atom. The zero-order valence-corrected chi connectivity index (χ0v) is 11.0. The highest BCUT2D eigenvalue weighted by atomic mass is 16.5. The summed E-state index contributed by atoms with van der Waals surface area (Å²) in [5.41, 5.74) is 3.05. The third-order valence-electron chi connectivity index (χ3n) is 2.67. The average molecular weight is 246 g/mol. The van der Waals surface area contributed by atoms with Crippen LogP contribution < -0.4 is 10.1 Å². The molecule has 2 rings (SSSR count).